The van der Waals surface area contributed by atoms with E-state index in [4.69, 9.17) is 0 Å². The predicted octanol–water partition coefficient (Wildman–Crippen LogP) is 2.80. The second-order valence-corrected chi connectivity index (χ2v) is 6.43. The Morgan fingerprint density at radius 2 is 2.04 bits per heavy atom. The van der Waals surface area contributed by atoms with E-state index in [9.17, 15) is 14.0 Å². The number of benzene rings is 1. The third-order valence-electron chi connectivity index (χ3n) is 3.47. The molecular formula is C17H15FN4O2S. The van der Waals surface area contributed by atoms with Gasteiger partial charge in [0.2, 0.25) is 5.91 Å². The van der Waals surface area contributed by atoms with E-state index in [1.165, 1.54) is 12.1 Å². The topological polar surface area (TPSA) is 87.7 Å². The summed E-state index contributed by atoms with van der Waals surface area (Å²) in [6.07, 6.45) is 0. The van der Waals surface area contributed by atoms with Gasteiger partial charge in [-0.05, 0) is 37.6 Å². The average Bonchev–Trinajstić information content (AvgIpc) is 2.54. The van der Waals surface area contributed by atoms with Gasteiger partial charge in [-0.15, -0.1) is 0 Å². The summed E-state index contributed by atoms with van der Waals surface area (Å²) in [7, 11) is 0. The molecular weight excluding hydrogens is 343 g/mol. The van der Waals surface area contributed by atoms with Crippen LogP contribution in [0.25, 0.3) is 11.0 Å². The minimum absolute atomic E-state index is 0.0203. The maximum Gasteiger partial charge on any atom is 0.261 e. The summed E-state index contributed by atoms with van der Waals surface area (Å²) >= 11 is 1.05. The van der Waals surface area contributed by atoms with Gasteiger partial charge in [0.15, 0.2) is 10.8 Å². The number of aryl methyl sites for hydroxylation is 2. The molecule has 0 fully saturated rings. The van der Waals surface area contributed by atoms with Crippen LogP contribution in [0, 0.1) is 19.7 Å². The number of pyridine rings is 1. The van der Waals surface area contributed by atoms with Gasteiger partial charge in [-0.1, -0.05) is 23.9 Å². The molecule has 0 spiro atoms. The summed E-state index contributed by atoms with van der Waals surface area (Å²) in [5, 5.41) is 3.21. The highest BCUT2D eigenvalue weighted by Crippen LogP contribution is 2.18. The highest BCUT2D eigenvalue weighted by atomic mass is 32.2. The van der Waals surface area contributed by atoms with Crippen molar-refractivity contribution in [2.24, 2.45) is 0 Å². The minimum Gasteiger partial charge on any atom is -0.323 e. The number of H-pyrrole nitrogens is 1. The Morgan fingerprint density at radius 1 is 1.28 bits per heavy atom. The van der Waals surface area contributed by atoms with Crippen LogP contribution < -0.4 is 10.9 Å². The molecule has 25 heavy (non-hydrogen) atoms. The Labute approximate surface area is 146 Å². The van der Waals surface area contributed by atoms with Crippen LogP contribution in [-0.4, -0.2) is 26.6 Å². The Balaban J connectivity index is 1.76. The molecule has 128 valence electrons. The number of nitrogens with zero attached hydrogens (tertiary/aromatic N) is 2. The van der Waals surface area contributed by atoms with Crippen LogP contribution in [0.2, 0.25) is 0 Å². The lowest BCUT2D eigenvalue weighted by Gasteiger charge is -2.07. The number of aromatic amines is 1. The van der Waals surface area contributed by atoms with Gasteiger partial charge in [0.1, 0.15) is 5.82 Å². The first-order valence-electron chi connectivity index (χ1n) is 7.49. The van der Waals surface area contributed by atoms with Gasteiger partial charge in [0.05, 0.1) is 16.8 Å². The number of fused-ring (bicyclic) bond motifs is 1. The lowest BCUT2D eigenvalue weighted by molar-refractivity contribution is -0.113. The van der Waals surface area contributed by atoms with Gasteiger partial charge in [-0.3, -0.25) is 9.59 Å². The number of carbonyl (C=O) groups is 1. The van der Waals surface area contributed by atoms with Crippen molar-refractivity contribution < 1.29 is 9.18 Å². The molecule has 0 saturated heterocycles. The fourth-order valence-electron chi connectivity index (χ4n) is 2.41. The molecule has 0 atom stereocenters. The van der Waals surface area contributed by atoms with Crippen LogP contribution >= 0.6 is 11.8 Å². The van der Waals surface area contributed by atoms with Crippen molar-refractivity contribution >= 4 is 34.4 Å². The van der Waals surface area contributed by atoms with Crippen LogP contribution in [-0.2, 0) is 4.79 Å². The smallest absolute Gasteiger partial charge is 0.261 e. The number of para-hydroxylation sites is 1. The number of hydrogen-bond donors (Lipinski definition) is 2. The molecule has 1 aromatic carbocycles. The number of amides is 1. The molecule has 0 bridgehead atoms. The standard InChI is InChI=1S/C17H15FN4O2S/c1-9-7-10(2)19-15-14(9)16(24)22-17(21-15)25-8-13(23)20-12-6-4-3-5-11(12)18/h3-7H,8H2,1-2H3,(H,20,23)(H,19,21,22,24). The molecule has 2 N–H and O–H groups in total. The first kappa shape index (κ1) is 17.1. The third-order valence-corrected chi connectivity index (χ3v) is 4.34. The lowest BCUT2D eigenvalue weighted by atomic mass is 10.2. The van der Waals surface area contributed by atoms with Gasteiger partial charge in [-0.2, -0.15) is 0 Å². The first-order valence-corrected chi connectivity index (χ1v) is 8.48. The molecule has 6 nitrogen and oxygen atoms in total. The molecule has 2 aromatic heterocycles. The zero-order chi connectivity index (χ0) is 18.0. The number of aromatic nitrogens is 3. The summed E-state index contributed by atoms with van der Waals surface area (Å²) in [5.41, 5.74) is 1.72. The van der Waals surface area contributed by atoms with Crippen LogP contribution in [0.15, 0.2) is 40.3 Å². The average molecular weight is 358 g/mol. The van der Waals surface area contributed by atoms with Gasteiger partial charge in [0, 0.05) is 5.69 Å². The molecule has 0 aliphatic rings. The highest BCUT2D eigenvalue weighted by molar-refractivity contribution is 7.99. The third kappa shape index (κ3) is 3.85. The molecule has 2 heterocycles. The van der Waals surface area contributed by atoms with Crippen molar-refractivity contribution in [3.8, 4) is 0 Å². The normalized spacial score (nSPS) is 10.8. The summed E-state index contributed by atoms with van der Waals surface area (Å²) < 4.78 is 13.5. The van der Waals surface area contributed by atoms with Crippen molar-refractivity contribution in [1.29, 1.82) is 0 Å². The summed E-state index contributed by atoms with van der Waals surface area (Å²) in [6, 6.07) is 7.73. The van der Waals surface area contributed by atoms with E-state index in [1.807, 2.05) is 19.9 Å². The number of carbonyl (C=O) groups excluding carboxylic acids is 1. The molecule has 0 aliphatic heterocycles. The lowest BCUT2D eigenvalue weighted by Crippen LogP contribution is -2.16. The zero-order valence-electron chi connectivity index (χ0n) is 13.6. The van der Waals surface area contributed by atoms with Crippen molar-refractivity contribution in [3.63, 3.8) is 0 Å². The second-order valence-electron chi connectivity index (χ2n) is 5.47. The highest BCUT2D eigenvalue weighted by Gasteiger charge is 2.11. The maximum absolute atomic E-state index is 13.5. The van der Waals surface area contributed by atoms with Gasteiger partial charge < -0.3 is 10.3 Å². The Morgan fingerprint density at radius 3 is 2.80 bits per heavy atom. The Kier molecular flexibility index (Phi) is 4.80. The van der Waals surface area contributed by atoms with E-state index in [0.717, 1.165) is 23.0 Å². The molecule has 0 radical (unpaired) electrons. The predicted molar refractivity (Wildman–Crippen MR) is 95.4 cm³/mol. The van der Waals surface area contributed by atoms with Crippen LogP contribution in [0.3, 0.4) is 0 Å². The van der Waals surface area contributed by atoms with E-state index in [0.29, 0.717) is 16.2 Å². The van der Waals surface area contributed by atoms with Crippen LogP contribution in [0.4, 0.5) is 10.1 Å². The summed E-state index contributed by atoms with van der Waals surface area (Å²) in [4.78, 5) is 35.4. The second kappa shape index (κ2) is 7.02. The van der Waals surface area contributed by atoms with Gasteiger partial charge >= 0.3 is 0 Å². The van der Waals surface area contributed by atoms with E-state index >= 15 is 0 Å². The van der Waals surface area contributed by atoms with Crippen molar-refractivity contribution in [2.75, 3.05) is 11.1 Å². The van der Waals surface area contributed by atoms with E-state index in [1.54, 1.807) is 12.1 Å². The quantitative estimate of drug-likeness (QED) is 0.553. The molecule has 0 aliphatic carbocycles. The Hall–Kier alpha value is -2.74. The maximum atomic E-state index is 13.5. The molecule has 8 heteroatoms. The number of thioether (sulfide) groups is 1. The van der Waals surface area contributed by atoms with E-state index < -0.39 is 11.7 Å². The van der Waals surface area contributed by atoms with Crippen molar-refractivity contribution in [2.45, 2.75) is 19.0 Å². The Bertz CT molecular complexity index is 1020. The minimum atomic E-state index is -0.506. The molecule has 3 rings (SSSR count). The molecule has 1 amide bonds. The first-order chi connectivity index (χ1) is 11.9. The van der Waals surface area contributed by atoms with Gasteiger partial charge in [-0.25, -0.2) is 14.4 Å². The SMILES string of the molecule is Cc1cc(C)c2c(=O)[nH]c(SCC(=O)Nc3ccccc3F)nc2n1. The fraction of sp³-hybridized carbons (Fsp3) is 0.176. The number of rotatable bonds is 4. The number of anilines is 1. The summed E-state index contributed by atoms with van der Waals surface area (Å²) in [5.74, 6) is -0.924. The molecule has 0 saturated carbocycles. The van der Waals surface area contributed by atoms with Gasteiger partial charge in [0.25, 0.3) is 5.56 Å². The number of hydrogen-bond acceptors (Lipinski definition) is 5. The fourth-order valence-corrected chi connectivity index (χ4v) is 3.07. The van der Waals surface area contributed by atoms with Crippen molar-refractivity contribution in [3.05, 3.63) is 57.8 Å². The van der Waals surface area contributed by atoms with Crippen LogP contribution in [0.5, 0.6) is 0 Å². The monoisotopic (exact) mass is 358 g/mol. The number of nitrogens with one attached hydrogen (secondary N) is 2. The number of halogens is 1. The summed E-state index contributed by atoms with van der Waals surface area (Å²) in [6.45, 7) is 3.65. The van der Waals surface area contributed by atoms with E-state index in [2.05, 4.69) is 20.3 Å². The van der Waals surface area contributed by atoms with E-state index in [-0.39, 0.29) is 17.0 Å². The zero-order valence-corrected chi connectivity index (χ0v) is 14.4. The van der Waals surface area contributed by atoms with Crippen LogP contribution in [0.1, 0.15) is 11.3 Å². The van der Waals surface area contributed by atoms with Crippen molar-refractivity contribution in [1.82, 2.24) is 15.0 Å². The largest absolute Gasteiger partial charge is 0.323 e. The molecule has 3 aromatic rings. The molecule has 0 unspecified atom stereocenters.